The van der Waals surface area contributed by atoms with Crippen molar-refractivity contribution >= 4 is 11.6 Å². The molecule has 2 N–H and O–H groups in total. The summed E-state index contributed by atoms with van der Waals surface area (Å²) in [7, 11) is 1.34. The Morgan fingerprint density at radius 2 is 2.03 bits per heavy atom. The van der Waals surface area contributed by atoms with Crippen molar-refractivity contribution < 1.29 is 27.6 Å². The van der Waals surface area contributed by atoms with Gasteiger partial charge >= 0.3 is 6.18 Å². The Balaban J connectivity index is 1.84. The number of nitrogens with one attached hydrogen (secondary N) is 1. The van der Waals surface area contributed by atoms with E-state index in [9.17, 15) is 33.1 Å². The van der Waals surface area contributed by atoms with Gasteiger partial charge in [0.25, 0.3) is 11.5 Å². The molecule has 38 heavy (non-hydrogen) atoms. The highest BCUT2D eigenvalue weighted by Crippen LogP contribution is 2.39. The molecule has 11 nitrogen and oxygen atoms in total. The topological polar surface area (TPSA) is 152 Å². The number of hydrogen-bond acceptors (Lipinski definition) is 8. The van der Waals surface area contributed by atoms with Gasteiger partial charge in [-0.15, -0.1) is 0 Å². The number of aromatic nitrogens is 5. The minimum absolute atomic E-state index is 0.0320. The number of anilines is 1. The molecular weight excluding hydrogens is 507 g/mol. The molecular formula is C24H20F3N7O4. The summed E-state index contributed by atoms with van der Waals surface area (Å²) in [5.74, 6) is -3.37. The third kappa shape index (κ3) is 5.26. The molecule has 1 aromatic carbocycles. The predicted octanol–water partition coefficient (Wildman–Crippen LogP) is 3.29. The minimum Gasteiger partial charge on any atom is -0.501 e. The lowest BCUT2D eigenvalue weighted by atomic mass is 9.80. The number of benzene rings is 1. The molecule has 0 saturated carbocycles. The summed E-state index contributed by atoms with van der Waals surface area (Å²) in [6, 6.07) is 8.56. The van der Waals surface area contributed by atoms with Crippen molar-refractivity contribution in [2.75, 3.05) is 5.32 Å². The van der Waals surface area contributed by atoms with Crippen LogP contribution < -0.4 is 10.9 Å². The molecule has 0 radical (unpaired) electrons. The van der Waals surface area contributed by atoms with Crippen LogP contribution in [0.1, 0.15) is 51.8 Å². The molecule has 0 aliphatic rings. The van der Waals surface area contributed by atoms with Crippen LogP contribution in [0.3, 0.4) is 0 Å². The molecule has 4 rings (SSSR count). The van der Waals surface area contributed by atoms with Crippen molar-refractivity contribution in [3.63, 3.8) is 0 Å². The molecule has 0 saturated heterocycles. The number of aromatic hydroxyl groups is 1. The van der Waals surface area contributed by atoms with Gasteiger partial charge in [-0.25, -0.2) is 4.98 Å². The van der Waals surface area contributed by atoms with Crippen LogP contribution in [0.4, 0.5) is 18.9 Å². The van der Waals surface area contributed by atoms with Gasteiger partial charge in [0.1, 0.15) is 24.3 Å². The zero-order valence-electron chi connectivity index (χ0n) is 20.0. The van der Waals surface area contributed by atoms with Crippen LogP contribution in [0.15, 0.2) is 58.4 Å². The number of nitriles is 1. The van der Waals surface area contributed by atoms with E-state index in [0.717, 1.165) is 15.5 Å². The lowest BCUT2D eigenvalue weighted by molar-refractivity contribution is -0.142. The summed E-state index contributed by atoms with van der Waals surface area (Å²) in [6.45, 7) is 0.317. The van der Waals surface area contributed by atoms with Crippen LogP contribution >= 0.6 is 0 Å². The Morgan fingerprint density at radius 3 is 2.68 bits per heavy atom. The largest absolute Gasteiger partial charge is 0.501 e. The maximum Gasteiger partial charge on any atom is 0.408 e. The summed E-state index contributed by atoms with van der Waals surface area (Å²) in [6.07, 6.45) is 0.282. The van der Waals surface area contributed by atoms with Crippen molar-refractivity contribution in [3.05, 3.63) is 87.7 Å². The Hall–Kier alpha value is -4.93. The molecule has 0 bridgehead atoms. The highest BCUT2D eigenvalue weighted by Gasteiger charge is 2.33. The third-order valence-electron chi connectivity index (χ3n) is 5.88. The van der Waals surface area contributed by atoms with E-state index in [1.54, 1.807) is 31.2 Å². The van der Waals surface area contributed by atoms with Gasteiger partial charge in [0.2, 0.25) is 5.75 Å². The van der Waals surface area contributed by atoms with Crippen LogP contribution in [-0.4, -0.2) is 41.7 Å². The van der Waals surface area contributed by atoms with Crippen molar-refractivity contribution in [2.24, 2.45) is 7.05 Å². The minimum atomic E-state index is -4.51. The molecule has 196 valence electrons. The lowest BCUT2D eigenvalue weighted by Gasteiger charge is -2.26. The average molecular weight is 527 g/mol. The molecule has 3 aromatic heterocycles. The lowest BCUT2D eigenvalue weighted by Crippen LogP contribution is -2.29. The Kier molecular flexibility index (Phi) is 7.02. The van der Waals surface area contributed by atoms with Gasteiger partial charge in [0, 0.05) is 25.1 Å². The van der Waals surface area contributed by atoms with E-state index in [-0.39, 0.29) is 17.1 Å². The van der Waals surface area contributed by atoms with Crippen molar-refractivity contribution in [3.8, 4) is 11.8 Å². The van der Waals surface area contributed by atoms with Crippen LogP contribution in [0.25, 0.3) is 0 Å². The second-order valence-corrected chi connectivity index (χ2v) is 8.45. The average Bonchev–Trinajstić information content (AvgIpc) is 3.54. The number of nitrogens with zero attached hydrogens (tertiary/aromatic N) is 6. The molecule has 0 aliphatic carbocycles. The van der Waals surface area contributed by atoms with E-state index in [1.807, 2.05) is 0 Å². The van der Waals surface area contributed by atoms with Gasteiger partial charge in [0.15, 0.2) is 5.69 Å². The first-order chi connectivity index (χ1) is 18.0. The van der Waals surface area contributed by atoms with Gasteiger partial charge < -0.3 is 14.9 Å². The second-order valence-electron chi connectivity index (χ2n) is 8.45. The van der Waals surface area contributed by atoms with Gasteiger partial charge in [-0.2, -0.15) is 23.5 Å². The number of hydrogen-bond donors (Lipinski definition) is 2. The molecule has 0 spiro atoms. The summed E-state index contributed by atoms with van der Waals surface area (Å²) in [4.78, 5) is 29.9. The fraction of sp³-hybridized carbons (Fsp3) is 0.250. The molecule has 4 aromatic rings. The van der Waals surface area contributed by atoms with Gasteiger partial charge in [0.05, 0.1) is 24.0 Å². The third-order valence-corrected chi connectivity index (χ3v) is 5.88. The predicted molar refractivity (Wildman–Crippen MR) is 125 cm³/mol. The Labute approximate surface area is 212 Å². The normalized spacial score (nSPS) is 13.1. The van der Waals surface area contributed by atoms with Gasteiger partial charge in [-0.1, -0.05) is 30.3 Å². The highest BCUT2D eigenvalue weighted by atomic mass is 19.4. The maximum atomic E-state index is 13.0. The van der Waals surface area contributed by atoms with Crippen LogP contribution in [-0.2, 0) is 13.6 Å². The van der Waals surface area contributed by atoms with E-state index < -0.39 is 47.5 Å². The number of rotatable bonds is 7. The summed E-state index contributed by atoms with van der Waals surface area (Å²) < 4.78 is 45.4. The molecule has 14 heteroatoms. The number of amides is 1. The number of halogens is 3. The first-order valence-corrected chi connectivity index (χ1v) is 11.1. The smallest absolute Gasteiger partial charge is 0.408 e. The molecule has 3 heterocycles. The number of carbonyl (C=O) groups is 1. The van der Waals surface area contributed by atoms with Crippen LogP contribution in [0.5, 0.6) is 5.75 Å². The molecule has 2 atom stereocenters. The first kappa shape index (κ1) is 26.1. The maximum absolute atomic E-state index is 13.0. The van der Waals surface area contributed by atoms with Gasteiger partial charge in [-0.05, 0) is 17.2 Å². The van der Waals surface area contributed by atoms with Gasteiger partial charge in [-0.3, -0.25) is 18.8 Å². The van der Waals surface area contributed by atoms with E-state index in [4.69, 9.17) is 0 Å². The Bertz CT molecular complexity index is 1570. The zero-order chi connectivity index (χ0) is 27.6. The first-order valence-electron chi connectivity index (χ1n) is 11.1. The van der Waals surface area contributed by atoms with Crippen LogP contribution in [0, 0.1) is 11.3 Å². The summed E-state index contributed by atoms with van der Waals surface area (Å²) in [5.41, 5.74) is -0.311. The van der Waals surface area contributed by atoms with E-state index in [1.165, 1.54) is 25.6 Å². The molecule has 2 unspecified atom stereocenters. The standard InChI is InChI=1S/C24H20F3N7O4/c1-13(21-32-19(20(35)23(37)33(21)2)22(36)31-16-9-30-38-11-16)18(17-6-4-3-5-14(17)7-28)15-8-29-34(10-15)12-24(25,26)27/h3-6,8-11,13,18,35H,12H2,1-2H3,(H,31,36). The van der Waals surface area contributed by atoms with Crippen LogP contribution in [0.2, 0.25) is 0 Å². The fourth-order valence-corrected chi connectivity index (χ4v) is 4.20. The fourth-order valence-electron chi connectivity index (χ4n) is 4.20. The SMILES string of the molecule is CC(c1nc(C(=O)Nc2cnoc2)c(O)c(=O)n1C)C(c1cnn(CC(F)(F)F)c1)c1ccccc1C#N. The van der Waals surface area contributed by atoms with E-state index >= 15 is 0 Å². The second kappa shape index (κ2) is 10.2. The van der Waals surface area contributed by atoms with Crippen molar-refractivity contribution in [1.82, 2.24) is 24.5 Å². The molecule has 0 fully saturated rings. The molecule has 1 amide bonds. The number of alkyl halides is 3. The quantitative estimate of drug-likeness (QED) is 0.371. The van der Waals surface area contributed by atoms with E-state index in [0.29, 0.717) is 11.1 Å². The van der Waals surface area contributed by atoms with Crippen molar-refractivity contribution in [2.45, 2.75) is 31.5 Å². The summed E-state index contributed by atoms with van der Waals surface area (Å²) >= 11 is 0. The molecule has 0 aliphatic heterocycles. The van der Waals surface area contributed by atoms with Crippen molar-refractivity contribution in [1.29, 1.82) is 5.26 Å². The highest BCUT2D eigenvalue weighted by molar-refractivity contribution is 6.04. The Morgan fingerprint density at radius 1 is 1.29 bits per heavy atom. The summed E-state index contributed by atoms with van der Waals surface area (Å²) in [5, 5.41) is 29.8. The van der Waals surface area contributed by atoms with E-state index in [2.05, 4.69) is 31.1 Å². The number of carbonyl (C=O) groups excluding carboxylic acids is 1. The monoisotopic (exact) mass is 527 g/mol. The zero-order valence-corrected chi connectivity index (χ0v) is 20.0.